The molecule has 0 saturated carbocycles. The summed E-state index contributed by atoms with van der Waals surface area (Å²) in [4.78, 5) is 0. The van der Waals surface area contributed by atoms with Gasteiger partial charge < -0.3 is 13.6 Å². The van der Waals surface area contributed by atoms with Gasteiger partial charge in [0.05, 0.1) is 7.11 Å². The topological polar surface area (TPSA) is 35.5 Å². The molecule has 0 amide bonds. The number of hydrogen-bond donors (Lipinski definition) is 0. The van der Waals surface area contributed by atoms with Gasteiger partial charge in [-0.2, -0.15) is 0 Å². The van der Waals surface area contributed by atoms with Gasteiger partial charge in [-0.15, -0.1) is 0 Å². The Balaban J connectivity index is 1.99. The van der Waals surface area contributed by atoms with Crippen LogP contribution in [0, 0.1) is 0 Å². The average molecular weight is 336 g/mol. The third-order valence-electron chi connectivity index (χ3n) is 5.70. The van der Waals surface area contributed by atoms with Gasteiger partial charge in [0.15, 0.2) is 11.3 Å². The standard InChI is InChI=1S/C23H12O3/c1-24-17-10-7-13-12-3-2-4-14-19(12)21-15(25-14)8-5-11-6-9-16-22(18(11)21)20(13)23(17)26-16/h2-10H,1H3. The van der Waals surface area contributed by atoms with E-state index in [2.05, 4.69) is 42.5 Å². The Kier molecular flexibility index (Phi) is 1.99. The molecular formula is C23H12O3. The van der Waals surface area contributed by atoms with Crippen LogP contribution in [0.25, 0.3) is 65.8 Å². The Labute approximate surface area is 147 Å². The smallest absolute Gasteiger partial charge is 0.177 e. The monoisotopic (exact) mass is 336 g/mol. The predicted octanol–water partition coefficient (Wildman–Crippen LogP) is 6.63. The van der Waals surface area contributed by atoms with E-state index in [0.29, 0.717) is 0 Å². The highest BCUT2D eigenvalue weighted by Crippen LogP contribution is 2.51. The van der Waals surface area contributed by atoms with E-state index in [1.165, 1.54) is 27.1 Å². The molecule has 26 heavy (non-hydrogen) atoms. The maximum absolute atomic E-state index is 6.26. The van der Waals surface area contributed by atoms with E-state index in [4.69, 9.17) is 13.6 Å². The highest BCUT2D eigenvalue weighted by molar-refractivity contribution is 6.37. The fraction of sp³-hybridized carbons (Fsp3) is 0.0435. The molecule has 4 aromatic carbocycles. The minimum absolute atomic E-state index is 0.763. The van der Waals surface area contributed by atoms with Crippen molar-refractivity contribution in [2.75, 3.05) is 7.11 Å². The summed E-state index contributed by atoms with van der Waals surface area (Å²) < 4.78 is 18.0. The number of rotatable bonds is 1. The lowest BCUT2D eigenvalue weighted by atomic mass is 9.98. The Morgan fingerprint density at radius 1 is 0.615 bits per heavy atom. The van der Waals surface area contributed by atoms with Crippen LogP contribution in [-0.2, 0) is 0 Å². The molecule has 0 N–H and O–H groups in total. The Morgan fingerprint density at radius 3 is 2.19 bits per heavy atom. The normalized spacial score (nSPS) is 12.8. The molecule has 0 radical (unpaired) electrons. The zero-order valence-corrected chi connectivity index (χ0v) is 13.9. The summed E-state index contributed by atoms with van der Waals surface area (Å²) in [6.07, 6.45) is 0. The zero-order valence-electron chi connectivity index (χ0n) is 13.9. The highest BCUT2D eigenvalue weighted by Gasteiger charge is 2.26. The first-order valence-corrected chi connectivity index (χ1v) is 8.65. The first-order valence-electron chi connectivity index (χ1n) is 8.65. The number of hydrogen-bond acceptors (Lipinski definition) is 3. The van der Waals surface area contributed by atoms with Crippen molar-refractivity contribution in [3.05, 3.63) is 54.6 Å². The minimum Gasteiger partial charge on any atom is -0.493 e. The molecule has 0 bridgehead atoms. The molecule has 3 nitrogen and oxygen atoms in total. The van der Waals surface area contributed by atoms with Gasteiger partial charge in [-0.25, -0.2) is 0 Å². The second-order valence-electron chi connectivity index (χ2n) is 6.88. The Bertz CT molecular complexity index is 1560. The molecule has 2 aromatic heterocycles. The molecule has 0 saturated heterocycles. The minimum atomic E-state index is 0.763. The largest absolute Gasteiger partial charge is 0.493 e. The SMILES string of the molecule is COc1ccc2c3c1oc1ccc4ccc5oc6cccc-2c6c5c4c13. The van der Waals surface area contributed by atoms with E-state index in [1.54, 1.807) is 7.11 Å². The van der Waals surface area contributed by atoms with Gasteiger partial charge in [0.1, 0.15) is 16.7 Å². The summed E-state index contributed by atoms with van der Waals surface area (Å²) in [5.41, 5.74) is 5.88. The molecule has 3 heteroatoms. The summed E-state index contributed by atoms with van der Waals surface area (Å²) in [6, 6.07) is 18.8. The molecule has 1 aliphatic rings. The first kappa shape index (κ1) is 12.8. The average Bonchev–Trinajstić information content (AvgIpc) is 3.21. The van der Waals surface area contributed by atoms with Crippen LogP contribution in [0.5, 0.6) is 5.75 Å². The van der Waals surface area contributed by atoms with E-state index in [9.17, 15) is 0 Å². The third kappa shape index (κ3) is 1.24. The molecule has 2 heterocycles. The van der Waals surface area contributed by atoms with Crippen LogP contribution in [0.4, 0.5) is 0 Å². The number of furan rings is 2. The second kappa shape index (κ2) is 4.02. The van der Waals surface area contributed by atoms with Crippen molar-refractivity contribution in [1.29, 1.82) is 0 Å². The van der Waals surface area contributed by atoms with Crippen LogP contribution in [-0.4, -0.2) is 7.11 Å². The van der Waals surface area contributed by atoms with Gasteiger partial charge in [0.2, 0.25) is 0 Å². The maximum atomic E-state index is 6.26. The molecule has 0 aliphatic heterocycles. The van der Waals surface area contributed by atoms with Crippen molar-refractivity contribution < 1.29 is 13.6 Å². The van der Waals surface area contributed by atoms with Crippen LogP contribution in [0.2, 0.25) is 0 Å². The lowest BCUT2D eigenvalue weighted by molar-refractivity contribution is 0.412. The molecule has 0 unspecified atom stereocenters. The van der Waals surface area contributed by atoms with Crippen LogP contribution in [0.1, 0.15) is 0 Å². The lowest BCUT2D eigenvalue weighted by Crippen LogP contribution is -1.85. The van der Waals surface area contributed by atoms with Crippen LogP contribution in [0.3, 0.4) is 0 Å². The third-order valence-corrected chi connectivity index (χ3v) is 5.70. The molecular weight excluding hydrogens is 324 g/mol. The summed E-state index contributed by atoms with van der Waals surface area (Å²) >= 11 is 0. The molecule has 0 spiro atoms. The van der Waals surface area contributed by atoms with E-state index in [1.807, 2.05) is 12.1 Å². The molecule has 6 aromatic rings. The number of ether oxygens (including phenoxy) is 1. The second-order valence-corrected chi connectivity index (χ2v) is 6.88. The first-order chi connectivity index (χ1) is 12.8. The quantitative estimate of drug-likeness (QED) is 0.337. The van der Waals surface area contributed by atoms with Crippen molar-refractivity contribution in [3.8, 4) is 16.9 Å². The van der Waals surface area contributed by atoms with E-state index in [-0.39, 0.29) is 0 Å². The van der Waals surface area contributed by atoms with Gasteiger partial charge in [-0.05, 0) is 46.8 Å². The Hall–Kier alpha value is -3.46. The van der Waals surface area contributed by atoms with Gasteiger partial charge >= 0.3 is 0 Å². The number of fused-ring (bicyclic) bond motifs is 1. The number of benzene rings is 4. The molecule has 0 atom stereocenters. The van der Waals surface area contributed by atoms with Gasteiger partial charge in [-0.3, -0.25) is 0 Å². The van der Waals surface area contributed by atoms with Crippen LogP contribution in [0.15, 0.2) is 63.4 Å². The van der Waals surface area contributed by atoms with Crippen molar-refractivity contribution in [2.24, 2.45) is 0 Å². The van der Waals surface area contributed by atoms with E-state index in [0.717, 1.165) is 44.4 Å². The lowest BCUT2D eigenvalue weighted by Gasteiger charge is -2.07. The fourth-order valence-corrected chi connectivity index (χ4v) is 4.67. The highest BCUT2D eigenvalue weighted by atomic mass is 16.5. The van der Waals surface area contributed by atoms with E-state index >= 15 is 0 Å². The maximum Gasteiger partial charge on any atom is 0.177 e. The fourth-order valence-electron chi connectivity index (χ4n) is 4.67. The van der Waals surface area contributed by atoms with Gasteiger partial charge in [0.25, 0.3) is 0 Å². The summed E-state index contributed by atoms with van der Waals surface area (Å²) in [5, 5.41) is 7.04. The van der Waals surface area contributed by atoms with Crippen molar-refractivity contribution in [2.45, 2.75) is 0 Å². The zero-order chi connectivity index (χ0) is 17.0. The van der Waals surface area contributed by atoms with Crippen LogP contribution < -0.4 is 4.74 Å². The molecule has 1 aliphatic carbocycles. The van der Waals surface area contributed by atoms with Gasteiger partial charge in [-0.1, -0.05) is 24.3 Å². The van der Waals surface area contributed by atoms with Crippen LogP contribution >= 0.6 is 0 Å². The Morgan fingerprint density at radius 2 is 1.35 bits per heavy atom. The van der Waals surface area contributed by atoms with Crippen molar-refractivity contribution in [3.63, 3.8) is 0 Å². The van der Waals surface area contributed by atoms with Gasteiger partial charge in [0, 0.05) is 26.9 Å². The van der Waals surface area contributed by atoms with Crippen molar-refractivity contribution >= 4 is 54.6 Å². The number of methoxy groups -OCH3 is 1. The van der Waals surface area contributed by atoms with Crippen molar-refractivity contribution in [1.82, 2.24) is 0 Å². The van der Waals surface area contributed by atoms with E-state index < -0.39 is 0 Å². The molecule has 0 fully saturated rings. The predicted molar refractivity (Wildman–Crippen MR) is 104 cm³/mol. The summed E-state index contributed by atoms with van der Waals surface area (Å²) in [5.74, 6) is 0.763. The summed E-state index contributed by atoms with van der Waals surface area (Å²) in [7, 11) is 1.69. The summed E-state index contributed by atoms with van der Waals surface area (Å²) in [6.45, 7) is 0. The molecule has 122 valence electrons. The molecule has 7 rings (SSSR count).